The Balaban J connectivity index is 1.62. The van der Waals surface area contributed by atoms with E-state index in [4.69, 9.17) is 0 Å². The second-order valence-electron chi connectivity index (χ2n) is 9.93. The number of anilines is 2. The molecular weight excluding hydrogens is 497 g/mol. The molecular formula is C27H27F3N6O2. The summed E-state index contributed by atoms with van der Waals surface area (Å²) in [5.74, 6) is -2.93. The molecule has 1 amide bonds. The molecule has 5 rings (SSSR count). The molecule has 0 spiro atoms. The molecule has 2 aromatic heterocycles. The number of fused-ring (bicyclic) bond motifs is 1. The third-order valence-electron chi connectivity index (χ3n) is 6.73. The minimum absolute atomic E-state index is 0.0875. The van der Waals surface area contributed by atoms with Crippen molar-refractivity contribution in [2.75, 3.05) is 23.3 Å². The number of aryl methyl sites for hydroxylation is 1. The maximum Gasteiger partial charge on any atom is 0.276 e. The van der Waals surface area contributed by atoms with E-state index in [-0.39, 0.29) is 17.4 Å². The standard InChI is InChI=1S/C27H27F3N6O2/c1-14(2)35-25-19(30)12-21(26(23(25)16(4)32-35)34-11-10-15(3)13-34)31-27(38)20-8-9-22(37)36(33-20)24-17(28)6-5-7-18(24)29/h5-9,12,14-15H,10-11,13H2,1-4H3,(H,31,38)/t15-/m0/s1. The lowest BCUT2D eigenvalue weighted by Crippen LogP contribution is -2.27. The van der Waals surface area contributed by atoms with Gasteiger partial charge in [0.2, 0.25) is 0 Å². The van der Waals surface area contributed by atoms with E-state index in [2.05, 4.69) is 27.3 Å². The Bertz CT molecular complexity index is 1610. The minimum Gasteiger partial charge on any atom is -0.369 e. The van der Waals surface area contributed by atoms with Gasteiger partial charge in [-0.1, -0.05) is 13.0 Å². The maximum absolute atomic E-state index is 15.5. The summed E-state index contributed by atoms with van der Waals surface area (Å²) in [4.78, 5) is 27.8. The number of carbonyl (C=O) groups is 1. The van der Waals surface area contributed by atoms with Crippen molar-refractivity contribution < 1.29 is 18.0 Å². The summed E-state index contributed by atoms with van der Waals surface area (Å²) in [6, 6.07) is 6.45. The first-order valence-corrected chi connectivity index (χ1v) is 12.4. The topological polar surface area (TPSA) is 85.0 Å². The van der Waals surface area contributed by atoms with Gasteiger partial charge in [-0.05, 0) is 51.3 Å². The molecule has 1 fully saturated rings. The van der Waals surface area contributed by atoms with E-state index in [1.165, 1.54) is 6.07 Å². The smallest absolute Gasteiger partial charge is 0.276 e. The molecule has 1 N–H and O–H groups in total. The maximum atomic E-state index is 15.5. The molecule has 8 nitrogen and oxygen atoms in total. The van der Waals surface area contributed by atoms with Crippen molar-refractivity contribution in [2.24, 2.45) is 5.92 Å². The zero-order chi connectivity index (χ0) is 27.3. The Kier molecular flexibility index (Phi) is 6.46. The van der Waals surface area contributed by atoms with Crippen LogP contribution in [0.5, 0.6) is 0 Å². The molecule has 1 atom stereocenters. The number of hydrogen-bond donors (Lipinski definition) is 1. The van der Waals surface area contributed by atoms with Crippen LogP contribution in [0.15, 0.2) is 41.2 Å². The molecule has 1 aliphatic heterocycles. The number of nitrogens with one attached hydrogen (secondary N) is 1. The van der Waals surface area contributed by atoms with E-state index < -0.39 is 34.6 Å². The molecule has 0 aliphatic carbocycles. The fraction of sp³-hybridized carbons (Fsp3) is 0.333. The average Bonchev–Trinajstić information content (AvgIpc) is 3.44. The molecule has 198 valence electrons. The van der Waals surface area contributed by atoms with E-state index in [1.54, 1.807) is 11.6 Å². The van der Waals surface area contributed by atoms with Gasteiger partial charge in [0.15, 0.2) is 17.5 Å². The van der Waals surface area contributed by atoms with Crippen LogP contribution in [0.2, 0.25) is 0 Å². The predicted octanol–water partition coefficient (Wildman–Crippen LogP) is 4.99. The third-order valence-corrected chi connectivity index (χ3v) is 6.73. The molecule has 11 heteroatoms. The van der Waals surface area contributed by atoms with Crippen LogP contribution in [-0.2, 0) is 0 Å². The molecule has 4 aromatic rings. The van der Waals surface area contributed by atoms with Crippen LogP contribution in [0.4, 0.5) is 24.5 Å². The van der Waals surface area contributed by atoms with Crippen LogP contribution in [-0.4, -0.2) is 38.6 Å². The van der Waals surface area contributed by atoms with Gasteiger partial charge in [0, 0.05) is 31.3 Å². The number of aromatic nitrogens is 4. The highest BCUT2D eigenvalue weighted by Crippen LogP contribution is 2.41. The summed E-state index contributed by atoms with van der Waals surface area (Å²) < 4.78 is 46.4. The number of benzene rings is 2. The molecule has 2 aromatic carbocycles. The number of hydrogen-bond acceptors (Lipinski definition) is 5. The highest BCUT2D eigenvalue weighted by Gasteiger charge is 2.29. The highest BCUT2D eigenvalue weighted by atomic mass is 19.1. The second-order valence-corrected chi connectivity index (χ2v) is 9.93. The lowest BCUT2D eigenvalue weighted by Gasteiger charge is -2.24. The largest absolute Gasteiger partial charge is 0.369 e. The van der Waals surface area contributed by atoms with Crippen molar-refractivity contribution >= 4 is 28.2 Å². The Morgan fingerprint density at radius 2 is 1.76 bits per heavy atom. The van der Waals surface area contributed by atoms with Gasteiger partial charge in [0.05, 0.1) is 22.5 Å². The van der Waals surface area contributed by atoms with Crippen LogP contribution in [0.25, 0.3) is 16.6 Å². The number of amides is 1. The summed E-state index contributed by atoms with van der Waals surface area (Å²) in [6.45, 7) is 9.18. The fourth-order valence-electron chi connectivity index (χ4n) is 4.96. The van der Waals surface area contributed by atoms with Gasteiger partial charge >= 0.3 is 0 Å². The zero-order valence-corrected chi connectivity index (χ0v) is 21.4. The predicted molar refractivity (Wildman–Crippen MR) is 139 cm³/mol. The zero-order valence-electron chi connectivity index (χ0n) is 21.4. The number of para-hydroxylation sites is 1. The van der Waals surface area contributed by atoms with Gasteiger partial charge in [-0.15, -0.1) is 0 Å². The Morgan fingerprint density at radius 3 is 2.39 bits per heavy atom. The lowest BCUT2D eigenvalue weighted by molar-refractivity contribution is 0.102. The summed E-state index contributed by atoms with van der Waals surface area (Å²) >= 11 is 0. The van der Waals surface area contributed by atoms with E-state index >= 15 is 4.39 Å². The number of carbonyl (C=O) groups excluding carboxylic acids is 1. The lowest BCUT2D eigenvalue weighted by atomic mass is 10.1. The summed E-state index contributed by atoms with van der Waals surface area (Å²) in [5, 5.41) is 11.8. The van der Waals surface area contributed by atoms with Crippen LogP contribution in [0.1, 0.15) is 49.4 Å². The molecule has 0 bridgehead atoms. The Morgan fingerprint density at radius 1 is 1.05 bits per heavy atom. The van der Waals surface area contributed by atoms with Gasteiger partial charge in [-0.25, -0.2) is 13.2 Å². The van der Waals surface area contributed by atoms with E-state index in [0.717, 1.165) is 36.8 Å². The van der Waals surface area contributed by atoms with Crippen LogP contribution in [0, 0.1) is 30.3 Å². The Labute approximate surface area is 216 Å². The fourth-order valence-corrected chi connectivity index (χ4v) is 4.96. The van der Waals surface area contributed by atoms with E-state index in [1.807, 2.05) is 13.8 Å². The molecule has 0 saturated carbocycles. The van der Waals surface area contributed by atoms with Gasteiger partial charge in [0.25, 0.3) is 11.5 Å². The van der Waals surface area contributed by atoms with Crippen molar-refractivity contribution in [3.63, 3.8) is 0 Å². The summed E-state index contributed by atoms with van der Waals surface area (Å²) in [5.41, 5.74) is 0.0634. The summed E-state index contributed by atoms with van der Waals surface area (Å²) in [7, 11) is 0. The van der Waals surface area contributed by atoms with Gasteiger partial charge in [-0.2, -0.15) is 14.9 Å². The SMILES string of the molecule is Cc1nn(C(C)C)c2c(F)cc(NC(=O)c3ccc(=O)n(-c4c(F)cccc4F)n3)c(N3CC[C@H](C)C3)c12. The van der Waals surface area contributed by atoms with Crippen LogP contribution < -0.4 is 15.8 Å². The normalized spacial score (nSPS) is 15.6. The number of rotatable bonds is 5. The molecule has 1 aliphatic rings. The third kappa shape index (κ3) is 4.31. The van der Waals surface area contributed by atoms with E-state index in [9.17, 15) is 18.4 Å². The second kappa shape index (κ2) is 9.62. The van der Waals surface area contributed by atoms with Crippen LogP contribution in [0.3, 0.4) is 0 Å². The molecule has 1 saturated heterocycles. The molecule has 38 heavy (non-hydrogen) atoms. The van der Waals surface area contributed by atoms with Crippen molar-refractivity contribution in [2.45, 2.75) is 40.2 Å². The van der Waals surface area contributed by atoms with Crippen molar-refractivity contribution in [1.29, 1.82) is 0 Å². The number of halogens is 3. The molecule has 0 unspecified atom stereocenters. The average molecular weight is 525 g/mol. The van der Waals surface area contributed by atoms with Crippen molar-refractivity contribution in [1.82, 2.24) is 19.6 Å². The van der Waals surface area contributed by atoms with Gasteiger partial charge in [-0.3, -0.25) is 14.3 Å². The first-order chi connectivity index (χ1) is 18.1. The monoisotopic (exact) mass is 524 g/mol. The quantitative estimate of drug-likeness (QED) is 0.398. The van der Waals surface area contributed by atoms with E-state index in [0.29, 0.717) is 46.0 Å². The van der Waals surface area contributed by atoms with Crippen LogP contribution >= 0.6 is 0 Å². The first kappa shape index (κ1) is 25.5. The molecule has 0 radical (unpaired) electrons. The van der Waals surface area contributed by atoms with Gasteiger partial charge < -0.3 is 10.2 Å². The first-order valence-electron chi connectivity index (χ1n) is 12.4. The molecule has 3 heterocycles. The Hall–Kier alpha value is -4.15. The van der Waals surface area contributed by atoms with Crippen molar-refractivity contribution in [3.8, 4) is 5.69 Å². The summed E-state index contributed by atoms with van der Waals surface area (Å²) in [6.07, 6.45) is 0.935. The number of nitrogens with zero attached hydrogens (tertiary/aromatic N) is 5. The van der Waals surface area contributed by atoms with Crippen molar-refractivity contribution in [3.05, 3.63) is 75.6 Å². The minimum atomic E-state index is -1.01. The van der Waals surface area contributed by atoms with Gasteiger partial charge in [0.1, 0.15) is 16.9 Å². The highest BCUT2D eigenvalue weighted by molar-refractivity contribution is 6.09.